The summed E-state index contributed by atoms with van der Waals surface area (Å²) < 4.78 is 49.1. The lowest BCUT2D eigenvalue weighted by molar-refractivity contribution is -0.143. The Morgan fingerprint density at radius 1 is 0.878 bits per heavy atom. The molecule has 0 aliphatic rings. The number of phenols is 1. The van der Waals surface area contributed by atoms with Crippen molar-refractivity contribution in [2.45, 2.75) is 17.9 Å². The van der Waals surface area contributed by atoms with Crippen molar-refractivity contribution < 1.29 is 47.2 Å². The van der Waals surface area contributed by atoms with Crippen molar-refractivity contribution in [2.24, 2.45) is 5.73 Å². The summed E-state index contributed by atoms with van der Waals surface area (Å²) in [5.74, 6) is -1.03. The number of ether oxygens (including phenoxy) is 4. The average molecular weight is 589 g/mol. The van der Waals surface area contributed by atoms with Gasteiger partial charge in [0.25, 0.3) is 0 Å². The molecule has 0 heterocycles. The molecule has 0 aliphatic heterocycles. The van der Waals surface area contributed by atoms with Gasteiger partial charge < -0.3 is 29.2 Å². The van der Waals surface area contributed by atoms with E-state index in [4.69, 9.17) is 15.2 Å². The van der Waals surface area contributed by atoms with Crippen LogP contribution in [0, 0.1) is 0 Å². The monoisotopic (exact) mass is 588 g/mol. The molecule has 3 aromatic rings. The van der Waals surface area contributed by atoms with E-state index in [0.29, 0.717) is 22.6 Å². The molecule has 1 unspecified atom stereocenters. The topological polar surface area (TPSA) is 175 Å². The highest BCUT2D eigenvalue weighted by molar-refractivity contribution is 7.93. The van der Waals surface area contributed by atoms with Gasteiger partial charge in [0.1, 0.15) is 28.2 Å². The molecule has 0 aromatic heterocycles. The summed E-state index contributed by atoms with van der Waals surface area (Å²) in [6.45, 7) is 0.610. The summed E-state index contributed by atoms with van der Waals surface area (Å²) in [5.41, 5.74) is 4.34. The van der Waals surface area contributed by atoms with Crippen molar-refractivity contribution in [1.82, 2.24) is 0 Å². The van der Waals surface area contributed by atoms with Crippen LogP contribution in [-0.4, -0.2) is 65.1 Å². The van der Waals surface area contributed by atoms with E-state index in [2.05, 4.69) is 9.47 Å². The molecule has 1 atom stereocenters. The Kier molecular flexibility index (Phi) is 9.81. The van der Waals surface area contributed by atoms with E-state index in [9.17, 15) is 28.2 Å². The number of para-hydroxylation sites is 1. The summed E-state index contributed by atoms with van der Waals surface area (Å²) >= 11 is 0. The number of hydrogen-bond donors (Lipinski definition) is 3. The van der Waals surface area contributed by atoms with Gasteiger partial charge in [0, 0.05) is 12.6 Å². The van der Waals surface area contributed by atoms with Gasteiger partial charge in [0.15, 0.2) is 13.2 Å². The van der Waals surface area contributed by atoms with Gasteiger partial charge in [-0.1, -0.05) is 36.4 Å². The van der Waals surface area contributed by atoms with Gasteiger partial charge in [-0.25, -0.2) is 18.0 Å². The van der Waals surface area contributed by atoms with Crippen LogP contribution in [0.4, 0.5) is 5.69 Å². The predicted molar refractivity (Wildman–Crippen MR) is 149 cm³/mol. The largest absolute Gasteiger partial charge is 0.505 e. The Bertz CT molecular complexity index is 1400. The van der Waals surface area contributed by atoms with Gasteiger partial charge in [0.2, 0.25) is 10.0 Å². The van der Waals surface area contributed by atoms with Crippen LogP contribution in [0.25, 0.3) is 0 Å². The number of esters is 2. The van der Waals surface area contributed by atoms with Crippen LogP contribution in [0.1, 0.15) is 28.9 Å². The van der Waals surface area contributed by atoms with E-state index in [1.165, 1.54) is 94.9 Å². The van der Waals surface area contributed by atoms with Crippen molar-refractivity contribution in [1.29, 1.82) is 0 Å². The molecule has 4 N–H and O–H groups in total. The van der Waals surface area contributed by atoms with Gasteiger partial charge in [-0.2, -0.15) is 0 Å². The lowest BCUT2D eigenvalue weighted by atomic mass is 10.0. The number of carbonyl (C=O) groups excluding carboxylic acids is 2. The molecule has 41 heavy (non-hydrogen) atoms. The molecule has 0 spiro atoms. The Morgan fingerprint density at radius 2 is 1.32 bits per heavy atom. The third-order valence-corrected chi connectivity index (χ3v) is 8.21. The first-order chi connectivity index (χ1) is 19.3. The highest BCUT2D eigenvalue weighted by Gasteiger charge is 2.35. The van der Waals surface area contributed by atoms with Gasteiger partial charge in [0.05, 0.1) is 19.9 Å². The van der Waals surface area contributed by atoms with Crippen LogP contribution in [0.15, 0.2) is 66.7 Å². The fraction of sp³-hybridized carbons (Fsp3) is 0.286. The van der Waals surface area contributed by atoms with E-state index in [1.54, 1.807) is 0 Å². The maximum Gasteiger partial charge on any atom is 0.343 e. The summed E-state index contributed by atoms with van der Waals surface area (Å²) in [5, 5.41) is 19.8. The lowest BCUT2D eigenvalue weighted by Gasteiger charge is -2.29. The van der Waals surface area contributed by atoms with Crippen molar-refractivity contribution in [3.05, 3.63) is 83.4 Å². The standard InChI is InChI=1S/C28H32N2O10S/c1-28(29,34)22-6-5-7-23(26(22)33)30(2)41(35,36)27(18-8-12-20(13-9-18)39-16-24(31)37-3)19-10-14-21(15-11-19)40-17-25(32)38-4/h5-15,27,33-34H,16-17,29H2,1-4H3. The molecule has 0 radical (unpaired) electrons. The van der Waals surface area contributed by atoms with E-state index in [0.717, 1.165) is 4.31 Å². The second kappa shape index (κ2) is 12.9. The molecule has 0 saturated heterocycles. The Labute approximate surface area is 237 Å². The summed E-state index contributed by atoms with van der Waals surface area (Å²) in [6, 6.07) is 16.4. The zero-order chi connectivity index (χ0) is 30.4. The van der Waals surface area contributed by atoms with E-state index < -0.39 is 38.7 Å². The number of aromatic hydroxyl groups is 1. The Balaban J connectivity index is 2.05. The minimum absolute atomic E-state index is 0.0622. The van der Waals surface area contributed by atoms with Crippen molar-refractivity contribution in [2.75, 3.05) is 38.8 Å². The first-order valence-corrected chi connectivity index (χ1v) is 13.7. The predicted octanol–water partition coefficient (Wildman–Crippen LogP) is 2.18. The van der Waals surface area contributed by atoms with Gasteiger partial charge in [-0.05, 0) is 48.4 Å². The lowest BCUT2D eigenvalue weighted by Crippen LogP contribution is -2.34. The second-order valence-electron chi connectivity index (χ2n) is 9.08. The quantitative estimate of drug-likeness (QED) is 0.209. The molecular formula is C28H32N2O10S. The molecule has 0 saturated carbocycles. The van der Waals surface area contributed by atoms with Crippen LogP contribution < -0.4 is 19.5 Å². The van der Waals surface area contributed by atoms with Gasteiger partial charge >= 0.3 is 11.9 Å². The number of aliphatic hydroxyl groups is 1. The normalized spacial score (nSPS) is 12.8. The number of methoxy groups -OCH3 is 2. The van der Waals surface area contributed by atoms with Crippen LogP contribution in [0.3, 0.4) is 0 Å². The molecule has 0 bridgehead atoms. The number of anilines is 1. The van der Waals surface area contributed by atoms with Crippen LogP contribution in [0.2, 0.25) is 0 Å². The van der Waals surface area contributed by atoms with Gasteiger partial charge in [-0.3, -0.25) is 10.0 Å². The number of phenolic OH excluding ortho intramolecular Hbond substituents is 1. The van der Waals surface area contributed by atoms with E-state index in [-0.39, 0.29) is 24.5 Å². The molecule has 220 valence electrons. The molecule has 3 aromatic carbocycles. The van der Waals surface area contributed by atoms with Crippen LogP contribution >= 0.6 is 0 Å². The number of benzene rings is 3. The summed E-state index contributed by atoms with van der Waals surface area (Å²) in [4.78, 5) is 22.8. The number of nitrogens with two attached hydrogens (primary N) is 1. The molecule has 0 aliphatic carbocycles. The van der Waals surface area contributed by atoms with E-state index >= 15 is 0 Å². The summed E-state index contributed by atoms with van der Waals surface area (Å²) in [7, 11) is -0.576. The third kappa shape index (κ3) is 7.45. The minimum atomic E-state index is -4.31. The maximum atomic E-state index is 14.2. The summed E-state index contributed by atoms with van der Waals surface area (Å²) in [6.07, 6.45) is 0. The zero-order valence-electron chi connectivity index (χ0n) is 22.9. The van der Waals surface area contributed by atoms with Crippen LogP contribution in [0.5, 0.6) is 17.2 Å². The SMILES string of the molecule is COC(=O)COc1ccc(C(c2ccc(OCC(=O)OC)cc2)S(=O)(=O)N(C)c2cccc(C(C)(N)O)c2O)cc1. The Hall–Kier alpha value is -4.33. The number of nitrogens with zero attached hydrogens (tertiary/aromatic N) is 1. The van der Waals surface area contributed by atoms with Crippen molar-refractivity contribution >= 4 is 27.6 Å². The third-order valence-electron chi connectivity index (χ3n) is 6.11. The number of sulfonamides is 1. The first-order valence-electron chi connectivity index (χ1n) is 12.2. The van der Waals surface area contributed by atoms with Crippen LogP contribution in [-0.2, 0) is 34.8 Å². The molecule has 0 fully saturated rings. The molecule has 12 nitrogen and oxygen atoms in total. The maximum absolute atomic E-state index is 14.2. The number of rotatable bonds is 12. The van der Waals surface area contributed by atoms with Crippen molar-refractivity contribution in [3.8, 4) is 17.2 Å². The number of carbonyl (C=O) groups is 2. The fourth-order valence-corrected chi connectivity index (χ4v) is 5.65. The highest BCUT2D eigenvalue weighted by Crippen LogP contribution is 2.40. The minimum Gasteiger partial charge on any atom is -0.505 e. The second-order valence-corrected chi connectivity index (χ2v) is 11.1. The number of hydrogen-bond acceptors (Lipinski definition) is 11. The molecule has 0 amide bonds. The highest BCUT2D eigenvalue weighted by atomic mass is 32.2. The first kappa shape index (κ1) is 31.2. The Morgan fingerprint density at radius 3 is 1.71 bits per heavy atom. The molecular weight excluding hydrogens is 556 g/mol. The molecule has 3 rings (SSSR count). The average Bonchev–Trinajstić information content (AvgIpc) is 2.95. The van der Waals surface area contributed by atoms with Crippen molar-refractivity contribution in [3.63, 3.8) is 0 Å². The fourth-order valence-electron chi connectivity index (χ4n) is 3.91. The smallest absolute Gasteiger partial charge is 0.343 e. The molecule has 13 heteroatoms. The van der Waals surface area contributed by atoms with Gasteiger partial charge in [-0.15, -0.1) is 0 Å². The zero-order valence-corrected chi connectivity index (χ0v) is 23.8. The van der Waals surface area contributed by atoms with E-state index in [1.807, 2.05) is 0 Å².